The second kappa shape index (κ2) is 10.3. The number of nitrogens with zero attached hydrogens (tertiary/aromatic N) is 5. The molecule has 3 aromatic rings. The number of nitrogens with two attached hydrogens (primary N) is 2. The van der Waals surface area contributed by atoms with E-state index in [1.54, 1.807) is 18.3 Å². The highest BCUT2D eigenvalue weighted by atomic mass is 16.4. The van der Waals surface area contributed by atoms with Crippen LogP contribution in [0.15, 0.2) is 30.5 Å². The summed E-state index contributed by atoms with van der Waals surface area (Å²) in [6.45, 7) is 0.980. The maximum absolute atomic E-state index is 12.3. The topological polar surface area (TPSA) is 173 Å². The lowest BCUT2D eigenvalue weighted by atomic mass is 10.1. The van der Waals surface area contributed by atoms with Crippen LogP contribution in [0.3, 0.4) is 0 Å². The first-order chi connectivity index (χ1) is 15.3. The van der Waals surface area contributed by atoms with Crippen molar-refractivity contribution < 1.29 is 14.7 Å². The Labute approximate surface area is 184 Å². The predicted molar refractivity (Wildman–Crippen MR) is 121 cm³/mol. The molecule has 0 spiro atoms. The van der Waals surface area contributed by atoms with Gasteiger partial charge in [0.1, 0.15) is 0 Å². The summed E-state index contributed by atoms with van der Waals surface area (Å²) in [6.07, 6.45) is 3.89. The van der Waals surface area contributed by atoms with Gasteiger partial charge in [0, 0.05) is 31.3 Å². The first-order valence-corrected chi connectivity index (χ1v) is 10.2. The molecule has 0 saturated heterocycles. The molecule has 0 aliphatic heterocycles. The average molecular weight is 438 g/mol. The van der Waals surface area contributed by atoms with Crippen molar-refractivity contribution in [3.8, 4) is 0 Å². The number of unbranched alkanes of at least 4 members (excludes halogenated alkanes) is 2. The highest BCUT2D eigenvalue weighted by Crippen LogP contribution is 2.18. The van der Waals surface area contributed by atoms with Crippen LogP contribution in [0.1, 0.15) is 41.7 Å². The second-order valence-electron chi connectivity index (χ2n) is 7.36. The number of nitrogen functional groups attached to an aromatic ring is 2. The molecule has 0 atom stereocenters. The first-order valence-electron chi connectivity index (χ1n) is 10.2. The van der Waals surface area contributed by atoms with E-state index in [0.717, 1.165) is 18.5 Å². The van der Waals surface area contributed by atoms with Gasteiger partial charge < -0.3 is 26.8 Å². The molecule has 11 nitrogen and oxygen atoms in total. The molecular weight excluding hydrogens is 412 g/mol. The number of amides is 1. The number of benzene rings is 1. The van der Waals surface area contributed by atoms with Crippen molar-refractivity contribution >= 4 is 40.5 Å². The summed E-state index contributed by atoms with van der Waals surface area (Å²) in [5, 5.41) is 11.5. The van der Waals surface area contributed by atoms with Crippen molar-refractivity contribution in [3.05, 3.63) is 41.7 Å². The summed E-state index contributed by atoms with van der Waals surface area (Å²) >= 11 is 0. The van der Waals surface area contributed by atoms with E-state index in [2.05, 4.69) is 25.3 Å². The van der Waals surface area contributed by atoms with Crippen molar-refractivity contribution in [2.24, 2.45) is 0 Å². The number of fused-ring (bicyclic) bond motifs is 1. The molecule has 0 aliphatic rings. The third-order valence-electron chi connectivity index (χ3n) is 4.82. The summed E-state index contributed by atoms with van der Waals surface area (Å²) in [5.41, 5.74) is 14.3. The summed E-state index contributed by atoms with van der Waals surface area (Å²) < 4.78 is 0. The van der Waals surface area contributed by atoms with Crippen LogP contribution in [0, 0.1) is 0 Å². The summed E-state index contributed by atoms with van der Waals surface area (Å²) in [4.78, 5) is 41.4. The molecule has 2 aromatic heterocycles. The molecule has 168 valence electrons. The van der Waals surface area contributed by atoms with Gasteiger partial charge >= 0.3 is 5.97 Å². The molecule has 11 heteroatoms. The van der Waals surface area contributed by atoms with E-state index < -0.39 is 5.97 Å². The Morgan fingerprint density at radius 2 is 1.81 bits per heavy atom. The van der Waals surface area contributed by atoms with Gasteiger partial charge in [-0.15, -0.1) is 0 Å². The van der Waals surface area contributed by atoms with Crippen LogP contribution in [0.5, 0.6) is 0 Å². The van der Waals surface area contributed by atoms with Crippen molar-refractivity contribution in [3.63, 3.8) is 0 Å². The zero-order valence-electron chi connectivity index (χ0n) is 17.8. The quantitative estimate of drug-likeness (QED) is 0.340. The number of nitrogens with one attached hydrogen (secondary N) is 1. The summed E-state index contributed by atoms with van der Waals surface area (Å²) in [7, 11) is 1.90. The van der Waals surface area contributed by atoms with Crippen molar-refractivity contribution in [1.82, 2.24) is 25.3 Å². The number of carbonyl (C=O) groups excluding carboxylic acids is 1. The molecule has 0 saturated carbocycles. The van der Waals surface area contributed by atoms with Crippen LogP contribution in [0.4, 0.5) is 17.5 Å². The Morgan fingerprint density at radius 1 is 1.06 bits per heavy atom. The predicted octanol–water partition coefficient (Wildman–Crippen LogP) is 1.60. The normalized spacial score (nSPS) is 10.8. The van der Waals surface area contributed by atoms with Gasteiger partial charge in [-0.2, -0.15) is 9.97 Å². The van der Waals surface area contributed by atoms with Gasteiger partial charge in [0.15, 0.2) is 17.0 Å². The number of carboxylic acid groups (broad SMARTS) is 1. The number of aromatic nitrogens is 4. The molecule has 0 fully saturated rings. The Hall–Kier alpha value is -4.02. The van der Waals surface area contributed by atoms with Crippen molar-refractivity contribution in [2.75, 3.05) is 30.0 Å². The third kappa shape index (κ3) is 6.00. The van der Waals surface area contributed by atoms with Gasteiger partial charge in [-0.1, -0.05) is 6.42 Å². The molecule has 32 heavy (non-hydrogen) atoms. The van der Waals surface area contributed by atoms with E-state index in [9.17, 15) is 9.59 Å². The van der Waals surface area contributed by atoms with Crippen LogP contribution in [-0.2, 0) is 11.3 Å². The molecule has 0 unspecified atom stereocenters. The van der Waals surface area contributed by atoms with Crippen LogP contribution < -0.4 is 21.7 Å². The average Bonchev–Trinajstić information content (AvgIpc) is 2.76. The summed E-state index contributed by atoms with van der Waals surface area (Å²) in [5.74, 6) is -0.721. The number of rotatable bonds is 10. The smallest absolute Gasteiger partial charge is 0.303 e. The van der Waals surface area contributed by atoms with Gasteiger partial charge in [-0.3, -0.25) is 9.59 Å². The minimum Gasteiger partial charge on any atom is -0.481 e. The third-order valence-corrected chi connectivity index (χ3v) is 4.82. The van der Waals surface area contributed by atoms with Gasteiger partial charge in [0.05, 0.1) is 18.4 Å². The van der Waals surface area contributed by atoms with Crippen LogP contribution in [0.25, 0.3) is 11.2 Å². The Balaban J connectivity index is 1.54. The largest absolute Gasteiger partial charge is 0.481 e. The lowest BCUT2D eigenvalue weighted by Gasteiger charge is -2.19. The van der Waals surface area contributed by atoms with E-state index in [1.807, 2.05) is 24.1 Å². The standard InChI is InChI=1S/C21H26N8O3/c1-29(12-14-11-25-19-17(26-14)18(22)27-21(23)28-19)15-8-6-13(7-9-15)20(32)24-10-4-2-3-5-16(30)31/h6-9,11H,2-5,10,12H2,1H3,(H,24,32)(H,30,31)(H4,22,23,25,27,28). The zero-order valence-corrected chi connectivity index (χ0v) is 17.8. The monoisotopic (exact) mass is 438 g/mol. The maximum Gasteiger partial charge on any atom is 0.303 e. The van der Waals surface area contributed by atoms with Crippen LogP contribution >= 0.6 is 0 Å². The highest BCUT2D eigenvalue weighted by Gasteiger charge is 2.11. The Bertz CT molecular complexity index is 1100. The number of hydrogen-bond acceptors (Lipinski definition) is 9. The molecule has 2 heterocycles. The van der Waals surface area contributed by atoms with Gasteiger partial charge in [-0.05, 0) is 37.1 Å². The van der Waals surface area contributed by atoms with E-state index in [1.165, 1.54) is 0 Å². The second-order valence-corrected chi connectivity index (χ2v) is 7.36. The Morgan fingerprint density at radius 3 is 2.53 bits per heavy atom. The molecule has 1 amide bonds. The molecule has 1 aromatic carbocycles. The fourth-order valence-corrected chi connectivity index (χ4v) is 3.14. The van der Waals surface area contributed by atoms with Gasteiger partial charge in [0.25, 0.3) is 5.91 Å². The van der Waals surface area contributed by atoms with E-state index in [0.29, 0.717) is 41.9 Å². The number of anilines is 3. The Kier molecular flexibility index (Phi) is 7.32. The molecule has 0 bridgehead atoms. The molecular formula is C21H26N8O3. The van der Waals surface area contributed by atoms with E-state index >= 15 is 0 Å². The fourth-order valence-electron chi connectivity index (χ4n) is 3.14. The number of carbonyl (C=O) groups is 2. The first kappa shape index (κ1) is 22.7. The maximum atomic E-state index is 12.3. The van der Waals surface area contributed by atoms with Crippen molar-refractivity contribution in [2.45, 2.75) is 32.2 Å². The minimum absolute atomic E-state index is 0.0523. The number of carboxylic acids is 1. The van der Waals surface area contributed by atoms with E-state index in [-0.39, 0.29) is 24.1 Å². The van der Waals surface area contributed by atoms with E-state index in [4.69, 9.17) is 16.6 Å². The molecule has 0 aliphatic carbocycles. The van der Waals surface area contributed by atoms with Crippen molar-refractivity contribution in [1.29, 1.82) is 0 Å². The highest BCUT2D eigenvalue weighted by molar-refractivity contribution is 5.94. The van der Waals surface area contributed by atoms with Crippen LogP contribution in [0.2, 0.25) is 0 Å². The SMILES string of the molecule is CN(Cc1cnc2nc(N)nc(N)c2n1)c1ccc(C(=O)NCCCCCC(=O)O)cc1. The molecule has 6 N–H and O–H groups in total. The van der Waals surface area contributed by atoms with Crippen LogP contribution in [-0.4, -0.2) is 50.5 Å². The molecule has 3 rings (SSSR count). The fraction of sp³-hybridized carbons (Fsp3) is 0.333. The molecule has 0 radical (unpaired) electrons. The number of aliphatic carboxylic acids is 1. The number of hydrogen-bond donors (Lipinski definition) is 4. The minimum atomic E-state index is -0.796. The zero-order chi connectivity index (χ0) is 23.1. The lowest BCUT2D eigenvalue weighted by Crippen LogP contribution is -2.24. The summed E-state index contributed by atoms with van der Waals surface area (Å²) in [6, 6.07) is 7.22. The lowest BCUT2D eigenvalue weighted by molar-refractivity contribution is -0.137. The van der Waals surface area contributed by atoms with Gasteiger partial charge in [-0.25, -0.2) is 9.97 Å². The van der Waals surface area contributed by atoms with Gasteiger partial charge in [0.2, 0.25) is 5.95 Å².